The summed E-state index contributed by atoms with van der Waals surface area (Å²) in [4.78, 5) is 14.1. The van der Waals surface area contributed by atoms with E-state index in [1.54, 1.807) is 41.0 Å². The third-order valence-electron chi connectivity index (χ3n) is 3.69. The molecule has 0 unspecified atom stereocenters. The molecule has 1 N–H and O–H groups in total. The number of aryl methyl sites for hydroxylation is 1. The number of carbonyl (C=O) groups is 1. The Morgan fingerprint density at radius 2 is 2.08 bits per heavy atom. The largest absolute Gasteiger partial charge is 0.334 e. The number of hydrogen-bond acceptors (Lipinski definition) is 3. The Morgan fingerprint density at radius 3 is 2.71 bits per heavy atom. The third-order valence-corrected chi connectivity index (χ3v) is 4.35. The molecule has 0 bridgehead atoms. The van der Waals surface area contributed by atoms with Gasteiger partial charge in [0, 0.05) is 19.7 Å². The molecule has 0 fully saturated rings. The van der Waals surface area contributed by atoms with Crippen molar-refractivity contribution in [1.29, 1.82) is 0 Å². The maximum Gasteiger partial charge on any atom is 0.271 e. The van der Waals surface area contributed by atoms with Crippen molar-refractivity contribution in [2.24, 2.45) is 7.05 Å². The maximum atomic E-state index is 13.0. The number of nitrogens with one attached hydrogen (secondary N) is 1. The van der Waals surface area contributed by atoms with Gasteiger partial charge in [-0.2, -0.15) is 10.2 Å². The van der Waals surface area contributed by atoms with Gasteiger partial charge in [-0.3, -0.25) is 14.6 Å². The summed E-state index contributed by atoms with van der Waals surface area (Å²) in [6.07, 6.45) is 1.69. The van der Waals surface area contributed by atoms with Crippen molar-refractivity contribution >= 4 is 21.8 Å². The molecule has 1 amide bonds. The van der Waals surface area contributed by atoms with E-state index in [1.165, 1.54) is 12.1 Å². The van der Waals surface area contributed by atoms with Gasteiger partial charge in [0.1, 0.15) is 11.5 Å². The fraction of sp³-hybridized carbons (Fsp3) is 0.188. The number of aromatic nitrogens is 4. The lowest BCUT2D eigenvalue weighted by Crippen LogP contribution is -2.27. The SMILES string of the molecule is CN(Cc1c(Br)cnn1C)C(=O)c1cc(-c2ccc(F)cc2)n[nH]1. The topological polar surface area (TPSA) is 66.8 Å². The second-order valence-corrected chi connectivity index (χ2v) is 6.25. The van der Waals surface area contributed by atoms with Gasteiger partial charge in [0.15, 0.2) is 0 Å². The molecule has 3 aromatic rings. The van der Waals surface area contributed by atoms with Gasteiger partial charge >= 0.3 is 0 Å². The molecule has 0 atom stereocenters. The van der Waals surface area contributed by atoms with E-state index in [4.69, 9.17) is 0 Å². The number of rotatable bonds is 4. The van der Waals surface area contributed by atoms with Crippen molar-refractivity contribution in [1.82, 2.24) is 24.9 Å². The first-order valence-electron chi connectivity index (χ1n) is 7.19. The minimum Gasteiger partial charge on any atom is -0.334 e. The van der Waals surface area contributed by atoms with Gasteiger partial charge in [0.2, 0.25) is 0 Å². The van der Waals surface area contributed by atoms with E-state index in [1.807, 2.05) is 7.05 Å². The number of hydrogen-bond donors (Lipinski definition) is 1. The highest BCUT2D eigenvalue weighted by Gasteiger charge is 2.18. The zero-order valence-electron chi connectivity index (χ0n) is 13.1. The van der Waals surface area contributed by atoms with Crippen LogP contribution in [0.4, 0.5) is 4.39 Å². The van der Waals surface area contributed by atoms with Crippen LogP contribution in [0.3, 0.4) is 0 Å². The number of benzene rings is 1. The molecule has 6 nitrogen and oxygen atoms in total. The van der Waals surface area contributed by atoms with Crippen molar-refractivity contribution in [2.75, 3.05) is 7.05 Å². The lowest BCUT2D eigenvalue weighted by Gasteiger charge is -2.16. The van der Waals surface area contributed by atoms with Crippen molar-refractivity contribution in [3.8, 4) is 11.3 Å². The number of nitrogens with zero attached hydrogens (tertiary/aromatic N) is 4. The lowest BCUT2D eigenvalue weighted by molar-refractivity contribution is 0.0776. The highest BCUT2D eigenvalue weighted by Crippen LogP contribution is 2.20. The van der Waals surface area contributed by atoms with Crippen LogP contribution in [0, 0.1) is 5.82 Å². The van der Waals surface area contributed by atoms with Crippen molar-refractivity contribution < 1.29 is 9.18 Å². The minimum absolute atomic E-state index is 0.191. The number of H-pyrrole nitrogens is 1. The summed E-state index contributed by atoms with van der Waals surface area (Å²) >= 11 is 3.42. The Hall–Kier alpha value is -2.48. The summed E-state index contributed by atoms with van der Waals surface area (Å²) in [7, 11) is 3.53. The molecule has 0 spiro atoms. The second-order valence-electron chi connectivity index (χ2n) is 5.40. The monoisotopic (exact) mass is 391 g/mol. The number of halogens is 2. The van der Waals surface area contributed by atoms with Gasteiger partial charge in [-0.25, -0.2) is 4.39 Å². The van der Waals surface area contributed by atoms with Crippen LogP contribution < -0.4 is 0 Å². The van der Waals surface area contributed by atoms with Crippen molar-refractivity contribution in [2.45, 2.75) is 6.54 Å². The van der Waals surface area contributed by atoms with Crippen LogP contribution in [0.15, 0.2) is 41.0 Å². The molecule has 0 saturated heterocycles. The highest BCUT2D eigenvalue weighted by atomic mass is 79.9. The van der Waals surface area contributed by atoms with E-state index in [2.05, 4.69) is 31.2 Å². The van der Waals surface area contributed by atoms with Crippen LogP contribution in [-0.2, 0) is 13.6 Å². The van der Waals surface area contributed by atoms with Gasteiger partial charge in [-0.1, -0.05) is 0 Å². The van der Waals surface area contributed by atoms with Gasteiger partial charge < -0.3 is 4.90 Å². The van der Waals surface area contributed by atoms with E-state index in [-0.39, 0.29) is 11.7 Å². The van der Waals surface area contributed by atoms with Gasteiger partial charge in [-0.05, 0) is 46.3 Å². The summed E-state index contributed by atoms with van der Waals surface area (Å²) in [6, 6.07) is 7.62. The van der Waals surface area contributed by atoms with Crippen LogP contribution in [0.5, 0.6) is 0 Å². The smallest absolute Gasteiger partial charge is 0.271 e. The van der Waals surface area contributed by atoms with E-state index >= 15 is 0 Å². The Balaban J connectivity index is 1.77. The molecule has 2 heterocycles. The molecule has 2 aromatic heterocycles. The van der Waals surface area contributed by atoms with Gasteiger partial charge in [0.25, 0.3) is 5.91 Å². The third kappa shape index (κ3) is 3.23. The Bertz CT molecular complexity index is 851. The minimum atomic E-state index is -0.313. The van der Waals surface area contributed by atoms with Crippen LogP contribution in [0.2, 0.25) is 0 Å². The summed E-state index contributed by atoms with van der Waals surface area (Å²) in [5.74, 6) is -0.504. The maximum absolute atomic E-state index is 13.0. The molecular weight excluding hydrogens is 377 g/mol. The van der Waals surface area contributed by atoms with Gasteiger partial charge in [0.05, 0.1) is 28.6 Å². The first-order valence-corrected chi connectivity index (χ1v) is 7.98. The fourth-order valence-corrected chi connectivity index (χ4v) is 2.79. The number of amides is 1. The molecule has 0 aliphatic carbocycles. The fourth-order valence-electron chi connectivity index (χ4n) is 2.32. The average molecular weight is 392 g/mol. The lowest BCUT2D eigenvalue weighted by atomic mass is 10.1. The molecule has 8 heteroatoms. The Labute approximate surface area is 146 Å². The highest BCUT2D eigenvalue weighted by molar-refractivity contribution is 9.10. The van der Waals surface area contributed by atoms with Crippen LogP contribution in [0.1, 0.15) is 16.2 Å². The van der Waals surface area contributed by atoms with Crippen molar-refractivity contribution in [3.63, 3.8) is 0 Å². The second kappa shape index (κ2) is 6.56. The molecule has 3 rings (SSSR count). The molecule has 0 saturated carbocycles. The summed E-state index contributed by atoms with van der Waals surface area (Å²) in [5, 5.41) is 11.0. The number of aromatic amines is 1. The Kier molecular flexibility index (Phi) is 4.48. The molecule has 124 valence electrons. The summed E-state index contributed by atoms with van der Waals surface area (Å²) in [6.45, 7) is 0.404. The predicted octanol–water partition coefficient (Wildman–Crippen LogP) is 2.98. The first-order chi connectivity index (χ1) is 11.5. The summed E-state index contributed by atoms with van der Waals surface area (Å²) in [5.41, 5.74) is 2.59. The van der Waals surface area contributed by atoms with Gasteiger partial charge in [-0.15, -0.1) is 0 Å². The molecule has 0 radical (unpaired) electrons. The van der Waals surface area contributed by atoms with E-state index < -0.39 is 0 Å². The van der Waals surface area contributed by atoms with Crippen molar-refractivity contribution in [3.05, 3.63) is 58.2 Å². The zero-order chi connectivity index (χ0) is 17.3. The standard InChI is InChI=1S/C16H15BrFN5O/c1-22(9-15-12(17)8-19-23(15)2)16(24)14-7-13(20-21-14)10-3-5-11(18)6-4-10/h3-8H,9H2,1-2H3,(H,20,21). The molecule has 24 heavy (non-hydrogen) atoms. The predicted molar refractivity (Wildman–Crippen MR) is 90.7 cm³/mol. The van der Waals surface area contributed by atoms with Crippen LogP contribution in [-0.4, -0.2) is 37.8 Å². The first kappa shape index (κ1) is 16.4. The molecule has 0 aliphatic heterocycles. The van der Waals surface area contributed by atoms with E-state index in [0.29, 0.717) is 17.9 Å². The normalized spacial score (nSPS) is 10.8. The molecule has 1 aromatic carbocycles. The molecular formula is C16H15BrFN5O. The quantitative estimate of drug-likeness (QED) is 0.743. The summed E-state index contributed by atoms with van der Waals surface area (Å²) < 4.78 is 15.5. The van der Waals surface area contributed by atoms with E-state index in [0.717, 1.165) is 15.7 Å². The Morgan fingerprint density at radius 1 is 1.38 bits per heavy atom. The number of carbonyl (C=O) groups excluding carboxylic acids is 1. The van der Waals surface area contributed by atoms with Crippen LogP contribution in [0.25, 0.3) is 11.3 Å². The zero-order valence-corrected chi connectivity index (χ0v) is 14.7. The van der Waals surface area contributed by atoms with Crippen LogP contribution >= 0.6 is 15.9 Å². The average Bonchev–Trinajstić information content (AvgIpc) is 3.17. The molecule has 0 aliphatic rings. The van der Waals surface area contributed by atoms with E-state index in [9.17, 15) is 9.18 Å².